The quantitative estimate of drug-likeness (QED) is 0.185. The van der Waals surface area contributed by atoms with Crippen molar-refractivity contribution in [3.8, 4) is 0 Å². The number of halogens is 2. The maximum atomic E-state index is 8.52. The first kappa shape index (κ1) is 22.6. The van der Waals surface area contributed by atoms with E-state index < -0.39 is 10.4 Å². The summed E-state index contributed by atoms with van der Waals surface area (Å²) < 4.78 is 34.1. The molecule has 9 heavy (non-hydrogen) atoms. The fraction of sp³-hybridized carbons (Fsp3) is 0. The Hall–Kier alpha value is 2.81. The molecule has 0 unspecified atom stereocenters. The second kappa shape index (κ2) is 13.4. The van der Waals surface area contributed by atoms with Crippen LogP contribution in [0.4, 0.5) is 0 Å². The summed E-state index contributed by atoms with van der Waals surface area (Å²) in [6.45, 7) is 0. The van der Waals surface area contributed by atoms with Crippen molar-refractivity contribution in [2.75, 3.05) is 0 Å². The second-order valence-electron chi connectivity index (χ2n) is 0.408. The van der Waals surface area contributed by atoms with Crippen LogP contribution in [0.2, 0.25) is 0 Å². The van der Waals surface area contributed by atoms with E-state index in [-0.39, 0.29) is 44.8 Å². The molecule has 0 aliphatic rings. The molecule has 0 radical (unpaired) electrons. The zero-order valence-electron chi connectivity index (χ0n) is 3.40. The van der Waals surface area contributed by atoms with Crippen LogP contribution < -0.4 is 0 Å². The van der Waals surface area contributed by atoms with Gasteiger partial charge < -0.3 is 9.11 Å². The van der Waals surface area contributed by atoms with E-state index in [1.807, 2.05) is 0 Å². The molecule has 0 aromatic heterocycles. The van der Waals surface area contributed by atoms with Gasteiger partial charge in [-0.15, -0.1) is 0 Å². The van der Waals surface area contributed by atoms with Gasteiger partial charge in [-0.25, -0.2) is 0 Å². The van der Waals surface area contributed by atoms with Crippen LogP contribution in [0.15, 0.2) is 0 Å². The van der Waals surface area contributed by atoms with E-state index in [0.717, 1.165) is 0 Å². The minimum atomic E-state index is -5.17. The molecular formula is Ag2I2O4S. The molecule has 0 aliphatic carbocycles. The molecule has 0 aliphatic heterocycles. The molecule has 9 heteroatoms. The summed E-state index contributed by atoms with van der Waals surface area (Å²) in [5.41, 5.74) is 0. The molecule has 0 fully saturated rings. The fourth-order valence-corrected chi connectivity index (χ4v) is 0. The molecule has 0 saturated carbocycles. The monoisotopic (exact) mass is 564 g/mol. The van der Waals surface area contributed by atoms with Crippen molar-refractivity contribution in [1.29, 1.82) is 0 Å². The van der Waals surface area contributed by atoms with Gasteiger partial charge in [0, 0.05) is 47.6 Å². The van der Waals surface area contributed by atoms with Crippen LogP contribution >= 0.6 is 37.2 Å². The molecule has 0 aromatic carbocycles. The first-order chi connectivity index (χ1) is 3.00. The SMILES string of the molecule is II.O=S(=O)([O-])[O-].[Ag+].[Ag+]. The summed E-state index contributed by atoms with van der Waals surface area (Å²) in [7, 11) is -5.17. The van der Waals surface area contributed by atoms with E-state index in [9.17, 15) is 0 Å². The summed E-state index contributed by atoms with van der Waals surface area (Å²) in [6, 6.07) is 0. The molecule has 0 amide bonds. The second-order valence-corrected chi connectivity index (χ2v) is 1.22. The summed E-state index contributed by atoms with van der Waals surface area (Å²) in [5, 5.41) is 0. The summed E-state index contributed by atoms with van der Waals surface area (Å²) in [5.74, 6) is 0. The van der Waals surface area contributed by atoms with Gasteiger partial charge in [-0.05, 0) is 0 Å². The predicted octanol–water partition coefficient (Wildman–Crippen LogP) is 0.428. The van der Waals surface area contributed by atoms with Gasteiger partial charge in [0.1, 0.15) is 0 Å². The van der Waals surface area contributed by atoms with Gasteiger partial charge in [0.05, 0.1) is 0 Å². The van der Waals surface area contributed by atoms with Crippen LogP contribution in [0, 0.1) is 0 Å². The zero-order valence-corrected chi connectivity index (χ0v) is 11.5. The summed E-state index contributed by atoms with van der Waals surface area (Å²) in [6.07, 6.45) is 0. The van der Waals surface area contributed by atoms with Crippen LogP contribution in [0.5, 0.6) is 0 Å². The molecule has 0 N–H and O–H groups in total. The van der Waals surface area contributed by atoms with Crippen molar-refractivity contribution >= 4 is 47.6 Å². The number of hydrogen-bond acceptors (Lipinski definition) is 4. The van der Waals surface area contributed by atoms with Crippen LogP contribution in [-0.2, 0) is 55.2 Å². The smallest absolute Gasteiger partial charge is 0.759 e. The van der Waals surface area contributed by atoms with Crippen LogP contribution in [-0.4, -0.2) is 17.5 Å². The Morgan fingerprint density at radius 2 is 1.00 bits per heavy atom. The van der Waals surface area contributed by atoms with Crippen molar-refractivity contribution in [3.05, 3.63) is 0 Å². The molecule has 0 spiro atoms. The normalized spacial score (nSPS) is 7.11. The van der Waals surface area contributed by atoms with Gasteiger partial charge in [0.15, 0.2) is 0 Å². The van der Waals surface area contributed by atoms with E-state index in [2.05, 4.69) is 37.2 Å². The maximum Gasteiger partial charge on any atom is 1.00 e. The maximum absolute atomic E-state index is 8.52. The van der Waals surface area contributed by atoms with Crippen molar-refractivity contribution in [1.82, 2.24) is 0 Å². The largest absolute Gasteiger partial charge is 1.00 e. The Labute approximate surface area is 108 Å². The summed E-state index contributed by atoms with van der Waals surface area (Å²) in [4.78, 5) is 0. The predicted molar refractivity (Wildman–Crippen MR) is 38.5 cm³/mol. The first-order valence-corrected chi connectivity index (χ1v) is 8.43. The third-order valence-corrected chi connectivity index (χ3v) is 0. The van der Waals surface area contributed by atoms with Crippen molar-refractivity contribution in [2.45, 2.75) is 0 Å². The molecule has 0 bridgehead atoms. The van der Waals surface area contributed by atoms with Gasteiger partial charge in [0.25, 0.3) is 0 Å². The van der Waals surface area contributed by atoms with Gasteiger partial charge in [0.2, 0.25) is 0 Å². The van der Waals surface area contributed by atoms with E-state index in [0.29, 0.717) is 0 Å². The topological polar surface area (TPSA) is 80.3 Å². The Bertz CT molecular complexity index is 99.7. The number of rotatable bonds is 0. The standard InChI is InChI=1S/2Ag.I2.H2O4S/c;;1-2;1-5(2,3)4/h;;;(H2,1,2,3,4)/q2*+1;;/p-2. The molecule has 0 heterocycles. The minimum Gasteiger partial charge on any atom is -0.759 e. The molecule has 0 atom stereocenters. The third-order valence-electron chi connectivity index (χ3n) is 0. The molecular weight excluding hydrogens is 566 g/mol. The Kier molecular flexibility index (Phi) is 33.7. The first-order valence-electron chi connectivity index (χ1n) is 0.810. The van der Waals surface area contributed by atoms with Crippen molar-refractivity contribution in [3.63, 3.8) is 0 Å². The van der Waals surface area contributed by atoms with Gasteiger partial charge >= 0.3 is 44.8 Å². The van der Waals surface area contributed by atoms with Gasteiger partial charge in [-0.3, -0.25) is 8.42 Å². The Balaban J connectivity index is -0.0000000286. The average Bonchev–Trinajstić information content (AvgIpc) is 1.36. The van der Waals surface area contributed by atoms with E-state index in [4.69, 9.17) is 17.5 Å². The zero-order chi connectivity index (χ0) is 6.50. The fourth-order valence-electron chi connectivity index (χ4n) is 0. The molecule has 0 rings (SSSR count). The Morgan fingerprint density at radius 3 is 1.00 bits per heavy atom. The van der Waals surface area contributed by atoms with E-state index in [1.54, 1.807) is 0 Å². The van der Waals surface area contributed by atoms with Crippen LogP contribution in [0.1, 0.15) is 0 Å². The molecule has 0 aromatic rings. The van der Waals surface area contributed by atoms with E-state index >= 15 is 0 Å². The molecule has 0 saturated heterocycles. The minimum absolute atomic E-state index is 0. The third kappa shape index (κ3) is 106. The van der Waals surface area contributed by atoms with Crippen molar-refractivity contribution in [2.24, 2.45) is 0 Å². The summed E-state index contributed by atoms with van der Waals surface area (Å²) >= 11 is 4.24. The Morgan fingerprint density at radius 1 is 1.00 bits per heavy atom. The molecule has 66 valence electrons. The van der Waals surface area contributed by atoms with Crippen molar-refractivity contribution < 1.29 is 62.3 Å². The van der Waals surface area contributed by atoms with Crippen LogP contribution in [0.25, 0.3) is 0 Å². The molecule has 4 nitrogen and oxygen atoms in total. The van der Waals surface area contributed by atoms with Crippen LogP contribution in [0.3, 0.4) is 0 Å². The van der Waals surface area contributed by atoms with Gasteiger partial charge in [-0.2, -0.15) is 0 Å². The average molecular weight is 566 g/mol. The number of hydrogen-bond donors (Lipinski definition) is 0. The van der Waals surface area contributed by atoms with E-state index in [1.165, 1.54) is 0 Å². The van der Waals surface area contributed by atoms with Gasteiger partial charge in [-0.1, -0.05) is 0 Å².